The Balaban J connectivity index is 2.03. The predicted molar refractivity (Wildman–Crippen MR) is 138 cm³/mol. The van der Waals surface area contributed by atoms with E-state index in [9.17, 15) is 26.4 Å². The summed E-state index contributed by atoms with van der Waals surface area (Å²) >= 11 is 0. The van der Waals surface area contributed by atoms with Crippen LogP contribution in [0.2, 0.25) is 0 Å². The molecule has 12 heteroatoms. The first-order valence-electron chi connectivity index (χ1n) is 10.9. The number of methoxy groups -OCH3 is 2. The van der Waals surface area contributed by atoms with Gasteiger partial charge in [0.05, 0.1) is 29.7 Å². The van der Waals surface area contributed by atoms with Crippen molar-refractivity contribution in [2.24, 2.45) is 0 Å². The summed E-state index contributed by atoms with van der Waals surface area (Å²) in [6.07, 6.45) is 0. The highest BCUT2D eigenvalue weighted by molar-refractivity contribution is 7.93. The molecule has 0 aliphatic carbocycles. The zero-order chi connectivity index (χ0) is 27.4. The van der Waals surface area contributed by atoms with Crippen molar-refractivity contribution in [2.45, 2.75) is 29.6 Å². The predicted octanol–water partition coefficient (Wildman–Crippen LogP) is 3.57. The molecule has 3 rings (SSSR count). The Labute approximate surface area is 215 Å². The normalized spacial score (nSPS) is 11.6. The molecule has 0 amide bonds. The van der Waals surface area contributed by atoms with Crippen LogP contribution < -0.4 is 18.9 Å². The third-order valence-corrected chi connectivity index (χ3v) is 8.19. The molecule has 0 atom stereocenters. The van der Waals surface area contributed by atoms with Gasteiger partial charge in [-0.3, -0.25) is 19.0 Å². The van der Waals surface area contributed by atoms with Crippen molar-refractivity contribution >= 4 is 43.0 Å². The topological polar surface area (TPSA) is 145 Å². The number of hydrogen-bond donors (Lipinski definition) is 2. The summed E-state index contributed by atoms with van der Waals surface area (Å²) in [6, 6.07) is 15.2. The third-order valence-electron chi connectivity index (χ3n) is 5.41. The Bertz CT molecular complexity index is 1500. The van der Waals surface area contributed by atoms with Crippen molar-refractivity contribution in [1.29, 1.82) is 0 Å². The summed E-state index contributed by atoms with van der Waals surface area (Å²) in [6.45, 7) is 2.39. The van der Waals surface area contributed by atoms with Crippen molar-refractivity contribution in [3.05, 3.63) is 72.3 Å². The molecular weight excluding hydrogens is 520 g/mol. The lowest BCUT2D eigenvalue weighted by Crippen LogP contribution is -2.22. The van der Waals surface area contributed by atoms with Crippen molar-refractivity contribution in [3.8, 4) is 11.5 Å². The number of nitrogens with one attached hydrogen (secondary N) is 2. The highest BCUT2D eigenvalue weighted by atomic mass is 32.2. The van der Waals surface area contributed by atoms with E-state index in [2.05, 4.69) is 9.44 Å². The fourth-order valence-corrected chi connectivity index (χ4v) is 5.75. The van der Waals surface area contributed by atoms with Crippen molar-refractivity contribution in [2.75, 3.05) is 23.7 Å². The summed E-state index contributed by atoms with van der Waals surface area (Å²) < 4.78 is 66.7. The number of carbonyl (C=O) groups excluding carboxylic acids is 2. The van der Waals surface area contributed by atoms with Gasteiger partial charge in [-0.05, 0) is 86.1 Å². The molecule has 196 valence electrons. The van der Waals surface area contributed by atoms with Crippen LogP contribution in [0.5, 0.6) is 11.5 Å². The van der Waals surface area contributed by atoms with Crippen molar-refractivity contribution < 1.29 is 35.9 Å². The Kier molecular flexibility index (Phi) is 8.24. The van der Waals surface area contributed by atoms with Gasteiger partial charge >= 0.3 is 0 Å². The fourth-order valence-electron chi connectivity index (χ4n) is 3.61. The summed E-state index contributed by atoms with van der Waals surface area (Å²) in [5, 5.41) is 0. The standard InChI is InChI=1S/C25H26N2O8S2/c1-16(28)25(17(2)29)23-15-18(26-36(30,31)21-10-6-19(34-3)7-11-21)5-14-24(23)27-37(32,33)22-12-8-20(35-4)9-13-22/h5-15,25-27H,1-4H3. The molecule has 0 saturated heterocycles. The van der Waals surface area contributed by atoms with E-state index in [1.807, 2.05) is 0 Å². The van der Waals surface area contributed by atoms with Crippen LogP contribution in [-0.4, -0.2) is 42.6 Å². The van der Waals surface area contributed by atoms with Crippen LogP contribution in [0, 0.1) is 0 Å². The zero-order valence-electron chi connectivity index (χ0n) is 20.5. The van der Waals surface area contributed by atoms with E-state index in [4.69, 9.17) is 9.47 Å². The Hall–Kier alpha value is -3.90. The molecular formula is C25H26N2O8S2. The van der Waals surface area contributed by atoms with E-state index in [0.717, 1.165) is 0 Å². The van der Waals surface area contributed by atoms with Gasteiger partial charge in [0.15, 0.2) is 0 Å². The van der Waals surface area contributed by atoms with E-state index in [1.54, 1.807) is 0 Å². The largest absolute Gasteiger partial charge is 0.497 e. The molecule has 2 N–H and O–H groups in total. The quantitative estimate of drug-likeness (QED) is 0.347. The number of benzene rings is 3. The number of rotatable bonds is 11. The van der Waals surface area contributed by atoms with Crippen LogP contribution in [0.25, 0.3) is 0 Å². The molecule has 10 nitrogen and oxygen atoms in total. The minimum absolute atomic E-state index is 0.00650. The number of carbonyl (C=O) groups is 2. The van der Waals surface area contributed by atoms with Gasteiger partial charge in [-0.25, -0.2) is 16.8 Å². The first-order chi connectivity index (χ1) is 17.4. The lowest BCUT2D eigenvalue weighted by molar-refractivity contribution is -0.126. The second-order valence-corrected chi connectivity index (χ2v) is 11.4. The maximum absolute atomic E-state index is 13.0. The summed E-state index contributed by atoms with van der Waals surface area (Å²) in [7, 11) is -5.27. The number of ether oxygens (including phenoxy) is 2. The second kappa shape index (κ2) is 11.0. The molecule has 0 bridgehead atoms. The van der Waals surface area contributed by atoms with Crippen LogP contribution in [0.1, 0.15) is 25.3 Å². The first-order valence-corrected chi connectivity index (χ1v) is 13.8. The monoisotopic (exact) mass is 546 g/mol. The molecule has 0 aromatic heterocycles. The Morgan fingerprint density at radius 3 is 1.51 bits per heavy atom. The molecule has 0 fully saturated rings. The van der Waals surface area contributed by atoms with E-state index in [1.165, 1.54) is 94.8 Å². The van der Waals surface area contributed by atoms with Gasteiger partial charge in [0, 0.05) is 5.69 Å². The van der Waals surface area contributed by atoms with Crippen LogP contribution in [0.15, 0.2) is 76.5 Å². The van der Waals surface area contributed by atoms with E-state index in [0.29, 0.717) is 11.5 Å². The average molecular weight is 547 g/mol. The van der Waals surface area contributed by atoms with Gasteiger partial charge in [-0.15, -0.1) is 0 Å². The molecule has 0 spiro atoms. The highest BCUT2D eigenvalue weighted by Crippen LogP contribution is 2.32. The summed E-state index contributed by atoms with van der Waals surface area (Å²) in [4.78, 5) is 24.6. The molecule has 0 radical (unpaired) electrons. The van der Waals surface area contributed by atoms with Gasteiger partial charge < -0.3 is 9.47 Å². The highest BCUT2D eigenvalue weighted by Gasteiger charge is 2.28. The average Bonchev–Trinajstić information content (AvgIpc) is 2.85. The van der Waals surface area contributed by atoms with Crippen molar-refractivity contribution in [1.82, 2.24) is 0 Å². The molecule has 3 aromatic rings. The summed E-state index contributed by atoms with van der Waals surface area (Å²) in [5.74, 6) is -1.46. The van der Waals surface area contributed by atoms with E-state index >= 15 is 0 Å². The molecule has 0 heterocycles. The molecule has 0 aliphatic heterocycles. The number of Topliss-reactive ketones (excluding diaryl/α,β-unsaturated/α-hetero) is 2. The fraction of sp³-hybridized carbons (Fsp3) is 0.200. The summed E-state index contributed by atoms with van der Waals surface area (Å²) in [5.41, 5.74) is -0.00338. The van der Waals surface area contributed by atoms with Gasteiger partial charge in [0.25, 0.3) is 20.0 Å². The first kappa shape index (κ1) is 27.7. The minimum Gasteiger partial charge on any atom is -0.497 e. The van der Waals surface area contributed by atoms with E-state index < -0.39 is 37.5 Å². The molecule has 0 aliphatic rings. The number of hydrogen-bond acceptors (Lipinski definition) is 8. The maximum atomic E-state index is 13.0. The molecule has 0 unspecified atom stereocenters. The van der Waals surface area contributed by atoms with Crippen LogP contribution in [0.4, 0.5) is 11.4 Å². The third kappa shape index (κ3) is 6.46. The number of anilines is 2. The van der Waals surface area contributed by atoms with Gasteiger partial charge in [0.2, 0.25) is 0 Å². The minimum atomic E-state index is -4.12. The smallest absolute Gasteiger partial charge is 0.261 e. The zero-order valence-corrected chi connectivity index (χ0v) is 22.1. The number of sulfonamides is 2. The van der Waals surface area contributed by atoms with Gasteiger partial charge in [0.1, 0.15) is 29.0 Å². The molecule has 0 saturated carbocycles. The van der Waals surface area contributed by atoms with Crippen LogP contribution in [-0.2, 0) is 29.6 Å². The lowest BCUT2D eigenvalue weighted by Gasteiger charge is -2.19. The Morgan fingerprint density at radius 2 is 1.11 bits per heavy atom. The second-order valence-electron chi connectivity index (χ2n) is 8.02. The lowest BCUT2D eigenvalue weighted by atomic mass is 9.90. The van der Waals surface area contributed by atoms with Gasteiger partial charge in [-0.2, -0.15) is 0 Å². The van der Waals surface area contributed by atoms with Crippen LogP contribution >= 0.6 is 0 Å². The Morgan fingerprint density at radius 1 is 0.676 bits per heavy atom. The number of ketones is 2. The maximum Gasteiger partial charge on any atom is 0.261 e. The molecule has 3 aromatic carbocycles. The molecule has 37 heavy (non-hydrogen) atoms. The van der Waals surface area contributed by atoms with Crippen LogP contribution in [0.3, 0.4) is 0 Å². The SMILES string of the molecule is COc1ccc(S(=O)(=O)Nc2ccc(NS(=O)(=O)c3ccc(OC)cc3)c(C(C(C)=O)C(C)=O)c2)cc1. The van der Waals surface area contributed by atoms with E-state index in [-0.39, 0.29) is 26.7 Å². The van der Waals surface area contributed by atoms with Gasteiger partial charge in [-0.1, -0.05) is 0 Å². The van der Waals surface area contributed by atoms with Crippen molar-refractivity contribution in [3.63, 3.8) is 0 Å².